The number of phosphoric acid groups is 1. The molecule has 1 heterocycles. The summed E-state index contributed by atoms with van der Waals surface area (Å²) < 4.78 is 18.7. The van der Waals surface area contributed by atoms with Crippen molar-refractivity contribution in [2.45, 2.75) is 30.7 Å². The minimum absolute atomic E-state index is 0. The summed E-state index contributed by atoms with van der Waals surface area (Å²) in [7, 11) is -5.41. The van der Waals surface area contributed by atoms with E-state index in [-0.39, 0.29) is 59.1 Å². The maximum atomic E-state index is 10.3. The Morgan fingerprint density at radius 2 is 1.61 bits per heavy atom. The van der Waals surface area contributed by atoms with Crippen molar-refractivity contribution in [2.75, 3.05) is 6.61 Å². The van der Waals surface area contributed by atoms with Gasteiger partial charge >= 0.3 is 59.1 Å². The molecule has 0 saturated carbocycles. The Balaban J connectivity index is 0. The largest absolute Gasteiger partial charge is 1.00 e. The molecule has 0 bridgehead atoms. The first-order valence-corrected chi connectivity index (χ1v) is 5.73. The minimum Gasteiger partial charge on any atom is -0.790 e. The van der Waals surface area contributed by atoms with Gasteiger partial charge in [-0.25, -0.2) is 0 Å². The molecule has 0 radical (unpaired) electrons. The zero-order valence-corrected chi connectivity index (χ0v) is 14.8. The van der Waals surface area contributed by atoms with Gasteiger partial charge in [-0.05, 0) is 0 Å². The van der Waals surface area contributed by atoms with Crippen LogP contribution in [0.4, 0.5) is 0 Å². The molecule has 18 heavy (non-hydrogen) atoms. The van der Waals surface area contributed by atoms with Crippen molar-refractivity contribution in [3.05, 3.63) is 0 Å². The zero-order valence-electron chi connectivity index (χ0n) is 9.87. The zero-order chi connectivity index (χ0) is 12.5. The maximum Gasteiger partial charge on any atom is 1.00 e. The fourth-order valence-electron chi connectivity index (χ4n) is 1.28. The Morgan fingerprint density at radius 3 is 2.00 bits per heavy atom. The van der Waals surface area contributed by atoms with E-state index in [2.05, 4.69) is 9.26 Å². The van der Waals surface area contributed by atoms with E-state index in [0.717, 1.165) is 0 Å². The van der Waals surface area contributed by atoms with E-state index in [1.165, 1.54) is 0 Å². The van der Waals surface area contributed by atoms with Crippen LogP contribution < -0.4 is 68.9 Å². The third kappa shape index (κ3) is 6.13. The van der Waals surface area contributed by atoms with Gasteiger partial charge in [-0.3, -0.25) is 0 Å². The monoisotopic (exact) mass is 304 g/mol. The summed E-state index contributed by atoms with van der Waals surface area (Å²) >= 11 is 0. The Labute approximate surface area is 147 Å². The van der Waals surface area contributed by atoms with Crippen LogP contribution in [-0.4, -0.2) is 57.7 Å². The summed E-state index contributed by atoms with van der Waals surface area (Å²) in [5, 5.41) is 36.5. The summed E-state index contributed by atoms with van der Waals surface area (Å²) in [5.74, 6) is 0. The number of hydrogen-bond acceptors (Lipinski definition) is 9. The molecule has 9 nitrogen and oxygen atoms in total. The molecule has 5 atom stereocenters. The van der Waals surface area contributed by atoms with Gasteiger partial charge in [0.25, 0.3) is 0 Å². The molecule has 1 fully saturated rings. The summed E-state index contributed by atoms with van der Waals surface area (Å²) in [6.45, 7) is -0.743. The topological polar surface area (TPSA) is 163 Å². The first-order chi connectivity index (χ1) is 7.26. The van der Waals surface area contributed by atoms with E-state index in [9.17, 15) is 29.7 Å². The van der Waals surface area contributed by atoms with Crippen LogP contribution in [0.2, 0.25) is 0 Å². The second-order valence-corrected chi connectivity index (χ2v) is 4.36. The first kappa shape index (κ1) is 22.2. The quantitative estimate of drug-likeness (QED) is 0.293. The van der Waals surface area contributed by atoms with Crippen molar-refractivity contribution >= 4 is 7.82 Å². The molecule has 0 aromatic rings. The van der Waals surface area contributed by atoms with Crippen LogP contribution in [0.5, 0.6) is 0 Å². The van der Waals surface area contributed by atoms with E-state index in [0.29, 0.717) is 0 Å². The standard InChI is InChI=1S/C6H13O9P.2Na/c7-1-2-3(8)4(9)5(10)6(14-2)15-16(11,12)13;;/h2-10H,1H2,(H2,11,12,13);;/q;2*+1/p-2/t2?,3-,4-,5?,6+;;/m1../s1. The van der Waals surface area contributed by atoms with Gasteiger partial charge in [0.05, 0.1) is 14.4 Å². The fraction of sp³-hybridized carbons (Fsp3) is 1.00. The summed E-state index contributed by atoms with van der Waals surface area (Å²) in [6.07, 6.45) is -8.61. The van der Waals surface area contributed by atoms with Gasteiger partial charge in [-0.15, -0.1) is 0 Å². The van der Waals surface area contributed by atoms with Crippen molar-refractivity contribution in [3.8, 4) is 0 Å². The summed E-state index contributed by atoms with van der Waals surface area (Å²) in [5.41, 5.74) is 0. The number of phosphoric ester groups is 1. The van der Waals surface area contributed by atoms with Gasteiger partial charge in [-0.2, -0.15) is 0 Å². The van der Waals surface area contributed by atoms with Gasteiger partial charge in [0.15, 0.2) is 6.29 Å². The van der Waals surface area contributed by atoms with Crippen LogP contribution in [0.1, 0.15) is 0 Å². The molecule has 12 heteroatoms. The average Bonchev–Trinajstić information content (AvgIpc) is 2.17. The number of hydrogen-bond donors (Lipinski definition) is 4. The second kappa shape index (κ2) is 9.04. The number of ether oxygens (including phenoxy) is 1. The molecule has 0 amide bonds. The summed E-state index contributed by atoms with van der Waals surface area (Å²) in [6, 6.07) is 0. The molecule has 1 saturated heterocycles. The van der Waals surface area contributed by atoms with Gasteiger partial charge in [0, 0.05) is 0 Å². The Morgan fingerprint density at radius 1 is 1.11 bits per heavy atom. The molecule has 0 spiro atoms. The van der Waals surface area contributed by atoms with Crippen molar-refractivity contribution in [3.63, 3.8) is 0 Å². The Hall–Kier alpha value is 1.91. The van der Waals surface area contributed by atoms with E-state index in [1.54, 1.807) is 0 Å². The average molecular weight is 304 g/mol. The van der Waals surface area contributed by atoms with E-state index in [4.69, 9.17) is 5.11 Å². The number of aliphatic hydroxyl groups is 4. The molecular formula is C6H11Na2O9P. The molecule has 1 aliphatic heterocycles. The molecular weight excluding hydrogens is 293 g/mol. The van der Waals surface area contributed by atoms with Crippen LogP contribution in [0.3, 0.4) is 0 Å². The predicted molar refractivity (Wildman–Crippen MR) is 42.5 cm³/mol. The van der Waals surface area contributed by atoms with E-state index in [1.807, 2.05) is 0 Å². The maximum absolute atomic E-state index is 10.3. The SMILES string of the molecule is O=P([O-])([O-])O[C@@H]1OC(CO)[C@@H](O)[C@@H](O)C1O.[Na+].[Na+]. The third-order valence-corrected chi connectivity index (χ3v) is 2.55. The fourth-order valence-corrected chi connectivity index (χ4v) is 1.71. The molecule has 4 N–H and O–H groups in total. The van der Waals surface area contributed by atoms with E-state index >= 15 is 0 Å². The smallest absolute Gasteiger partial charge is 0.790 e. The van der Waals surface area contributed by atoms with Crippen molar-refractivity contribution in [2.24, 2.45) is 0 Å². The van der Waals surface area contributed by atoms with Crippen LogP contribution >= 0.6 is 7.82 Å². The minimum atomic E-state index is -5.41. The third-order valence-electron chi connectivity index (χ3n) is 2.08. The predicted octanol–water partition coefficient (Wildman–Crippen LogP) is -10.4. The molecule has 0 aromatic carbocycles. The van der Waals surface area contributed by atoms with Gasteiger partial charge in [-0.1, -0.05) is 0 Å². The molecule has 1 rings (SSSR count). The Kier molecular flexibility index (Phi) is 11.1. The van der Waals surface area contributed by atoms with Gasteiger partial charge < -0.3 is 44.0 Å². The second-order valence-electron chi connectivity index (χ2n) is 3.25. The molecule has 2 unspecified atom stereocenters. The van der Waals surface area contributed by atoms with Gasteiger partial charge in [0.2, 0.25) is 0 Å². The van der Waals surface area contributed by atoms with Crippen molar-refractivity contribution in [1.82, 2.24) is 0 Å². The Bertz CT molecular complexity index is 284. The molecule has 0 aliphatic carbocycles. The normalized spacial score (nSPS) is 36.4. The molecule has 0 aromatic heterocycles. The van der Waals surface area contributed by atoms with Crippen LogP contribution in [-0.2, 0) is 13.8 Å². The van der Waals surface area contributed by atoms with Crippen LogP contribution in [0.15, 0.2) is 0 Å². The van der Waals surface area contributed by atoms with Crippen LogP contribution in [0.25, 0.3) is 0 Å². The van der Waals surface area contributed by atoms with E-state index < -0.39 is 45.1 Å². The molecule has 96 valence electrons. The van der Waals surface area contributed by atoms with Crippen LogP contribution in [0, 0.1) is 0 Å². The van der Waals surface area contributed by atoms with Gasteiger partial charge in [0.1, 0.15) is 24.4 Å². The van der Waals surface area contributed by atoms with Crippen molar-refractivity contribution < 1.29 is 103 Å². The van der Waals surface area contributed by atoms with Crippen molar-refractivity contribution in [1.29, 1.82) is 0 Å². The number of rotatable bonds is 3. The first-order valence-electron chi connectivity index (χ1n) is 4.27. The number of aliphatic hydroxyl groups excluding tert-OH is 4. The molecule has 1 aliphatic rings. The summed E-state index contributed by atoms with van der Waals surface area (Å²) in [4.78, 5) is 20.6.